The van der Waals surface area contributed by atoms with E-state index >= 15 is 0 Å². The predicted octanol–water partition coefficient (Wildman–Crippen LogP) is 5.64. The Bertz CT molecular complexity index is 1630. The van der Waals surface area contributed by atoms with Gasteiger partial charge in [-0.15, -0.1) is 0 Å². The Kier molecular flexibility index (Phi) is 9.61. The van der Waals surface area contributed by atoms with Gasteiger partial charge in [-0.25, -0.2) is 27.7 Å². The summed E-state index contributed by atoms with van der Waals surface area (Å²) in [5.41, 5.74) is 3.50. The molecule has 2 amide bonds. The number of aromatic nitrogens is 2. The van der Waals surface area contributed by atoms with Crippen LogP contribution in [0.1, 0.15) is 44.5 Å². The maximum Gasteiger partial charge on any atom is 0.513 e. The smallest absolute Gasteiger partial charge is 0.437 e. The van der Waals surface area contributed by atoms with Crippen LogP contribution >= 0.6 is 0 Å². The van der Waals surface area contributed by atoms with Crippen molar-refractivity contribution in [2.75, 3.05) is 13.7 Å². The summed E-state index contributed by atoms with van der Waals surface area (Å²) in [6.45, 7) is 4.82. The number of ether oxygens (including phenoxy) is 2. The molecular formula is C30H34N4O6S. The van der Waals surface area contributed by atoms with Gasteiger partial charge in [-0.05, 0) is 42.2 Å². The van der Waals surface area contributed by atoms with E-state index in [1.807, 2.05) is 41.8 Å². The topological polar surface area (TPSA) is 129 Å². The lowest BCUT2D eigenvalue weighted by Gasteiger charge is -2.14. The van der Waals surface area contributed by atoms with Crippen LogP contribution in [0.3, 0.4) is 0 Å². The fraction of sp³-hybridized carbons (Fsp3) is 0.300. The van der Waals surface area contributed by atoms with Gasteiger partial charge in [-0.1, -0.05) is 68.8 Å². The number of sulfonamides is 1. The Morgan fingerprint density at radius 3 is 2.41 bits per heavy atom. The lowest BCUT2D eigenvalue weighted by Crippen LogP contribution is -2.39. The number of urea groups is 1. The molecule has 11 heteroatoms. The minimum Gasteiger partial charge on any atom is -0.437 e. The van der Waals surface area contributed by atoms with Gasteiger partial charge in [0.1, 0.15) is 11.3 Å². The van der Waals surface area contributed by atoms with Crippen molar-refractivity contribution in [3.8, 4) is 16.9 Å². The number of para-hydroxylation sites is 1. The van der Waals surface area contributed by atoms with Gasteiger partial charge < -0.3 is 19.4 Å². The third kappa shape index (κ3) is 7.04. The van der Waals surface area contributed by atoms with Crippen LogP contribution in [0.4, 0.5) is 9.59 Å². The molecule has 0 saturated carbocycles. The molecule has 0 fully saturated rings. The number of nitrogens with one attached hydrogen (secondary N) is 2. The van der Waals surface area contributed by atoms with Gasteiger partial charge in [-0.2, -0.15) is 0 Å². The minimum absolute atomic E-state index is 0.00598. The van der Waals surface area contributed by atoms with Gasteiger partial charge in [0.15, 0.2) is 5.75 Å². The summed E-state index contributed by atoms with van der Waals surface area (Å²) in [5, 5.41) is 2.52. The van der Waals surface area contributed by atoms with Crippen molar-refractivity contribution in [2.24, 2.45) is 0 Å². The summed E-state index contributed by atoms with van der Waals surface area (Å²) < 4.78 is 40.3. The largest absolute Gasteiger partial charge is 0.513 e. The Balaban J connectivity index is 1.66. The maximum absolute atomic E-state index is 13.0. The van der Waals surface area contributed by atoms with Crippen molar-refractivity contribution in [1.29, 1.82) is 0 Å². The van der Waals surface area contributed by atoms with Crippen molar-refractivity contribution in [3.63, 3.8) is 0 Å². The fourth-order valence-electron chi connectivity index (χ4n) is 4.47. The van der Waals surface area contributed by atoms with Crippen LogP contribution in [-0.4, -0.2) is 43.8 Å². The third-order valence-corrected chi connectivity index (χ3v) is 7.86. The van der Waals surface area contributed by atoms with Crippen LogP contribution in [0, 0.1) is 0 Å². The molecule has 216 valence electrons. The van der Waals surface area contributed by atoms with Crippen LogP contribution in [-0.2, 0) is 27.7 Å². The summed E-state index contributed by atoms with van der Waals surface area (Å²) in [6.07, 6.45) is 2.58. The highest BCUT2D eigenvalue weighted by Crippen LogP contribution is 2.31. The molecular weight excluding hydrogens is 544 g/mol. The Hall–Kier alpha value is -4.38. The molecule has 0 radical (unpaired) electrons. The second-order valence-electron chi connectivity index (χ2n) is 9.45. The monoisotopic (exact) mass is 578 g/mol. The fourth-order valence-corrected chi connectivity index (χ4v) is 5.63. The van der Waals surface area contributed by atoms with Gasteiger partial charge >= 0.3 is 12.2 Å². The molecule has 0 aliphatic heterocycles. The van der Waals surface area contributed by atoms with Crippen LogP contribution in [0.15, 0.2) is 71.6 Å². The zero-order chi connectivity index (χ0) is 29.4. The summed E-state index contributed by atoms with van der Waals surface area (Å²) >= 11 is 0. The number of amides is 2. The number of hydrogen-bond donors (Lipinski definition) is 2. The number of aryl methyl sites for hydroxylation is 1. The van der Waals surface area contributed by atoms with Crippen molar-refractivity contribution in [1.82, 2.24) is 19.6 Å². The average Bonchev–Trinajstić information content (AvgIpc) is 3.32. The van der Waals surface area contributed by atoms with Gasteiger partial charge in [0.05, 0.1) is 17.5 Å². The van der Waals surface area contributed by atoms with E-state index < -0.39 is 22.2 Å². The Labute approximate surface area is 239 Å². The molecule has 0 aliphatic carbocycles. The van der Waals surface area contributed by atoms with E-state index in [4.69, 9.17) is 14.5 Å². The van der Waals surface area contributed by atoms with Crippen LogP contribution < -0.4 is 14.8 Å². The highest BCUT2D eigenvalue weighted by molar-refractivity contribution is 7.90. The van der Waals surface area contributed by atoms with E-state index in [-0.39, 0.29) is 4.90 Å². The number of nitrogens with zero attached hydrogens (tertiary/aromatic N) is 2. The van der Waals surface area contributed by atoms with E-state index in [0.717, 1.165) is 30.7 Å². The van der Waals surface area contributed by atoms with E-state index in [9.17, 15) is 18.0 Å². The molecule has 2 N–H and O–H groups in total. The number of fused-ring (bicyclic) bond motifs is 1. The molecule has 0 unspecified atom stereocenters. The number of carbonyl (C=O) groups excluding carboxylic acids is 2. The van der Waals surface area contributed by atoms with Crippen LogP contribution in [0.5, 0.6) is 5.75 Å². The first kappa shape index (κ1) is 29.6. The third-order valence-electron chi connectivity index (χ3n) is 6.47. The molecule has 0 bridgehead atoms. The highest BCUT2D eigenvalue weighted by atomic mass is 32.2. The Morgan fingerprint density at radius 1 is 0.951 bits per heavy atom. The molecule has 1 aromatic heterocycles. The number of imidazole rings is 1. The number of hydrogen-bond acceptors (Lipinski definition) is 7. The molecule has 41 heavy (non-hydrogen) atoms. The average molecular weight is 579 g/mol. The standard InChI is InChI=1S/C30H34N4O6S/c1-4-6-14-27-32-24-11-9-12-25(40-30(36)39-3)28(24)34(27)20-21-15-17-22(18-16-21)23-10-7-8-13-26(23)41(37,38)33-29(35)31-19-5-2/h7-13,15-18H,4-6,14,19-20H2,1-3H3,(H2,31,33,35). The quantitative estimate of drug-likeness (QED) is 0.174. The number of carbonyl (C=O) groups is 2. The predicted molar refractivity (Wildman–Crippen MR) is 156 cm³/mol. The molecule has 4 aromatic rings. The number of unbranched alkanes of at least 4 members (excludes halogenated alkanes) is 1. The second kappa shape index (κ2) is 13.3. The maximum atomic E-state index is 13.0. The molecule has 0 aliphatic rings. The highest BCUT2D eigenvalue weighted by Gasteiger charge is 2.22. The Morgan fingerprint density at radius 2 is 1.71 bits per heavy atom. The summed E-state index contributed by atoms with van der Waals surface area (Å²) in [6, 6.07) is 18.7. The number of rotatable bonds is 11. The SMILES string of the molecule is CCCCc1nc2cccc(OC(=O)OC)c2n1Cc1ccc(-c2ccccc2S(=O)(=O)NC(=O)NCCC)cc1. The molecule has 0 saturated heterocycles. The van der Waals surface area contributed by atoms with Gasteiger partial charge in [0.25, 0.3) is 10.0 Å². The van der Waals surface area contributed by atoms with Crippen LogP contribution in [0.25, 0.3) is 22.2 Å². The zero-order valence-corrected chi connectivity index (χ0v) is 24.2. The number of methoxy groups -OCH3 is 1. The van der Waals surface area contributed by atoms with E-state index in [1.165, 1.54) is 13.2 Å². The van der Waals surface area contributed by atoms with E-state index in [0.29, 0.717) is 47.4 Å². The first-order valence-corrected chi connectivity index (χ1v) is 15.0. The lowest BCUT2D eigenvalue weighted by atomic mass is 10.0. The molecule has 10 nitrogen and oxygen atoms in total. The summed E-state index contributed by atoms with van der Waals surface area (Å²) in [7, 11) is -2.84. The number of benzene rings is 3. The van der Waals surface area contributed by atoms with Crippen molar-refractivity contribution in [2.45, 2.75) is 51.0 Å². The summed E-state index contributed by atoms with van der Waals surface area (Å²) in [4.78, 5) is 28.8. The van der Waals surface area contributed by atoms with Crippen molar-refractivity contribution < 1.29 is 27.5 Å². The van der Waals surface area contributed by atoms with Gasteiger partial charge in [0, 0.05) is 25.1 Å². The van der Waals surface area contributed by atoms with Gasteiger partial charge in [-0.3, -0.25) is 0 Å². The van der Waals surface area contributed by atoms with Crippen molar-refractivity contribution >= 4 is 33.2 Å². The first-order chi connectivity index (χ1) is 19.8. The minimum atomic E-state index is -4.10. The zero-order valence-electron chi connectivity index (χ0n) is 23.3. The molecule has 1 heterocycles. The van der Waals surface area contributed by atoms with E-state index in [1.54, 1.807) is 30.3 Å². The summed E-state index contributed by atoms with van der Waals surface area (Å²) in [5.74, 6) is 1.23. The lowest BCUT2D eigenvalue weighted by molar-refractivity contribution is 0.122. The molecule has 3 aromatic carbocycles. The normalized spacial score (nSPS) is 11.3. The molecule has 0 spiro atoms. The van der Waals surface area contributed by atoms with Gasteiger partial charge in [0.2, 0.25) is 0 Å². The second-order valence-corrected chi connectivity index (χ2v) is 11.1. The van der Waals surface area contributed by atoms with Crippen molar-refractivity contribution in [3.05, 3.63) is 78.1 Å². The van der Waals surface area contributed by atoms with Crippen LogP contribution in [0.2, 0.25) is 0 Å². The molecule has 4 rings (SSSR count). The van der Waals surface area contributed by atoms with E-state index in [2.05, 4.69) is 17.0 Å². The molecule has 0 atom stereocenters. The first-order valence-electron chi connectivity index (χ1n) is 13.5.